The van der Waals surface area contributed by atoms with Crippen LogP contribution in [0.5, 0.6) is 0 Å². The monoisotopic (exact) mass is 256 g/mol. The summed E-state index contributed by atoms with van der Waals surface area (Å²) in [4.78, 5) is 9.25. The Bertz CT molecular complexity index is 455. The summed E-state index contributed by atoms with van der Waals surface area (Å²) in [5.41, 5.74) is -5.69. The lowest BCUT2D eigenvalue weighted by Gasteiger charge is -2.07. The molecule has 0 saturated carbocycles. The number of carboxylic acid groups (broad SMARTS) is 1. The third-order valence-electron chi connectivity index (χ3n) is 1.59. The third-order valence-corrected chi connectivity index (χ3v) is 2.72. The summed E-state index contributed by atoms with van der Waals surface area (Å²) in [7, 11) is -3.58. The predicted molar refractivity (Wildman–Crippen MR) is 45.8 cm³/mol. The molecule has 8 heteroatoms. The molecule has 0 aliphatic rings. The molecule has 1 aromatic carbocycles. The van der Waals surface area contributed by atoms with Gasteiger partial charge in [0.2, 0.25) is 0 Å². The van der Waals surface area contributed by atoms with Gasteiger partial charge in [-0.3, -0.25) is 0 Å². The molecule has 1 aromatic rings. The van der Waals surface area contributed by atoms with Crippen LogP contribution in [0.15, 0.2) is 23.1 Å². The lowest BCUT2D eigenvalue weighted by molar-refractivity contribution is -0.0386. The van der Waals surface area contributed by atoms with Gasteiger partial charge in [0.15, 0.2) is 10.8 Å². The van der Waals surface area contributed by atoms with Crippen LogP contribution in [0.3, 0.4) is 0 Å². The lowest BCUT2D eigenvalue weighted by Crippen LogP contribution is -2.18. The third kappa shape index (κ3) is 2.57. The first-order valence-corrected chi connectivity index (χ1v) is 4.90. The second kappa shape index (κ2) is 4.20. The molecule has 1 atom stereocenters. The molecule has 1 N–H and O–H groups in total. The SMILES string of the molecule is O=C(O)c1ccc(F)c(S(=O)C(F)(F)F)c1. The van der Waals surface area contributed by atoms with E-state index < -0.39 is 38.6 Å². The van der Waals surface area contributed by atoms with Gasteiger partial charge in [0.1, 0.15) is 5.82 Å². The van der Waals surface area contributed by atoms with Gasteiger partial charge >= 0.3 is 11.5 Å². The lowest BCUT2D eigenvalue weighted by atomic mass is 10.2. The Morgan fingerprint density at radius 1 is 1.31 bits per heavy atom. The normalized spacial score (nSPS) is 13.5. The Morgan fingerprint density at radius 3 is 2.31 bits per heavy atom. The highest BCUT2D eigenvalue weighted by atomic mass is 32.2. The van der Waals surface area contributed by atoms with Gasteiger partial charge in [0, 0.05) is 0 Å². The maximum absolute atomic E-state index is 12.9. The smallest absolute Gasteiger partial charge is 0.475 e. The van der Waals surface area contributed by atoms with Gasteiger partial charge in [-0.15, -0.1) is 0 Å². The number of hydrogen-bond acceptors (Lipinski definition) is 2. The number of alkyl halides is 3. The van der Waals surface area contributed by atoms with Gasteiger partial charge in [0.05, 0.1) is 10.5 Å². The average molecular weight is 256 g/mol. The van der Waals surface area contributed by atoms with E-state index in [-0.39, 0.29) is 0 Å². The summed E-state index contributed by atoms with van der Waals surface area (Å²) in [5, 5.41) is 8.48. The average Bonchev–Trinajstić information content (AvgIpc) is 2.15. The van der Waals surface area contributed by atoms with Crippen molar-refractivity contribution in [3.63, 3.8) is 0 Å². The van der Waals surface area contributed by atoms with E-state index in [1.807, 2.05) is 0 Å². The van der Waals surface area contributed by atoms with Crippen LogP contribution in [-0.2, 0) is 10.8 Å². The van der Waals surface area contributed by atoms with Crippen LogP contribution in [0.4, 0.5) is 17.6 Å². The van der Waals surface area contributed by atoms with Gasteiger partial charge in [-0.1, -0.05) is 0 Å². The van der Waals surface area contributed by atoms with Crippen molar-refractivity contribution in [1.82, 2.24) is 0 Å². The molecule has 0 heterocycles. The molecule has 0 aliphatic carbocycles. The molecule has 16 heavy (non-hydrogen) atoms. The van der Waals surface area contributed by atoms with E-state index in [1.165, 1.54) is 0 Å². The molecule has 0 spiro atoms. The van der Waals surface area contributed by atoms with Gasteiger partial charge in [0.25, 0.3) is 0 Å². The Hall–Kier alpha value is -1.44. The first-order valence-electron chi connectivity index (χ1n) is 3.75. The summed E-state index contributed by atoms with van der Waals surface area (Å²) in [6.45, 7) is 0. The van der Waals surface area contributed by atoms with Gasteiger partial charge < -0.3 is 5.11 Å². The Balaban J connectivity index is 3.28. The molecule has 0 radical (unpaired) electrons. The number of rotatable bonds is 2. The number of hydrogen-bond donors (Lipinski definition) is 1. The van der Waals surface area contributed by atoms with Crippen molar-refractivity contribution in [2.24, 2.45) is 0 Å². The van der Waals surface area contributed by atoms with Crippen LogP contribution in [0.2, 0.25) is 0 Å². The van der Waals surface area contributed by atoms with Crippen molar-refractivity contribution >= 4 is 16.8 Å². The number of benzene rings is 1. The topological polar surface area (TPSA) is 54.4 Å². The molecule has 0 bridgehead atoms. The molecule has 0 aliphatic heterocycles. The summed E-state index contributed by atoms with van der Waals surface area (Å²) in [5.74, 6) is -2.89. The minimum atomic E-state index is -5.13. The first kappa shape index (κ1) is 12.6. The van der Waals surface area contributed by atoms with Gasteiger partial charge in [-0.2, -0.15) is 13.2 Å². The summed E-state index contributed by atoms with van der Waals surface area (Å²) in [6, 6.07) is 1.72. The minimum Gasteiger partial charge on any atom is -0.478 e. The van der Waals surface area contributed by atoms with Crippen LogP contribution in [0, 0.1) is 5.82 Å². The van der Waals surface area contributed by atoms with Crippen molar-refractivity contribution in [2.45, 2.75) is 10.4 Å². The molecular weight excluding hydrogens is 252 g/mol. The van der Waals surface area contributed by atoms with Crippen molar-refractivity contribution in [3.8, 4) is 0 Å². The Labute approximate surface area is 89.2 Å². The quantitative estimate of drug-likeness (QED) is 0.825. The van der Waals surface area contributed by atoms with E-state index in [0.29, 0.717) is 12.1 Å². The molecule has 0 saturated heterocycles. The zero-order chi connectivity index (χ0) is 12.5. The fourth-order valence-corrected chi connectivity index (χ4v) is 1.63. The maximum atomic E-state index is 12.9. The molecule has 88 valence electrons. The van der Waals surface area contributed by atoms with Crippen LogP contribution in [0.25, 0.3) is 0 Å². The van der Waals surface area contributed by atoms with E-state index in [4.69, 9.17) is 5.11 Å². The predicted octanol–water partition coefficient (Wildman–Crippen LogP) is 2.15. The van der Waals surface area contributed by atoms with Crippen LogP contribution >= 0.6 is 0 Å². The number of carbonyl (C=O) groups is 1. The van der Waals surface area contributed by atoms with Crippen molar-refractivity contribution in [1.29, 1.82) is 0 Å². The van der Waals surface area contributed by atoms with E-state index in [0.717, 1.165) is 6.07 Å². The van der Waals surface area contributed by atoms with E-state index in [1.54, 1.807) is 0 Å². The zero-order valence-electron chi connectivity index (χ0n) is 7.42. The van der Waals surface area contributed by atoms with Crippen LogP contribution in [0.1, 0.15) is 10.4 Å². The minimum absolute atomic E-state index is 0.404. The fourth-order valence-electron chi connectivity index (χ4n) is 0.903. The standard InChI is InChI=1S/C8H4F4O3S/c9-5-2-1-4(7(13)14)3-6(5)16(15)8(10,11)12/h1-3H,(H,13,14). The van der Waals surface area contributed by atoms with E-state index >= 15 is 0 Å². The van der Waals surface area contributed by atoms with Crippen molar-refractivity contribution < 1.29 is 31.7 Å². The summed E-state index contributed by atoms with van der Waals surface area (Å²) in [6.07, 6.45) is 0. The highest BCUT2D eigenvalue weighted by molar-refractivity contribution is 7.86. The number of halogens is 4. The molecule has 0 amide bonds. The second-order valence-electron chi connectivity index (χ2n) is 2.66. The van der Waals surface area contributed by atoms with Gasteiger partial charge in [-0.05, 0) is 18.2 Å². The molecule has 3 nitrogen and oxygen atoms in total. The maximum Gasteiger partial charge on any atom is 0.475 e. The van der Waals surface area contributed by atoms with E-state index in [2.05, 4.69) is 0 Å². The van der Waals surface area contributed by atoms with E-state index in [9.17, 15) is 26.6 Å². The van der Waals surface area contributed by atoms with Crippen LogP contribution < -0.4 is 0 Å². The Morgan fingerprint density at radius 2 is 1.88 bits per heavy atom. The number of aromatic carboxylic acids is 1. The second-order valence-corrected chi connectivity index (χ2v) is 4.11. The zero-order valence-corrected chi connectivity index (χ0v) is 8.23. The number of carboxylic acids is 1. The molecule has 1 rings (SSSR count). The molecule has 0 fully saturated rings. The largest absolute Gasteiger partial charge is 0.478 e. The fraction of sp³-hybridized carbons (Fsp3) is 0.125. The van der Waals surface area contributed by atoms with Gasteiger partial charge in [-0.25, -0.2) is 13.4 Å². The van der Waals surface area contributed by atoms with Crippen LogP contribution in [-0.4, -0.2) is 20.8 Å². The van der Waals surface area contributed by atoms with Crippen molar-refractivity contribution in [3.05, 3.63) is 29.6 Å². The Kier molecular flexibility index (Phi) is 3.32. The molecular formula is C8H4F4O3S. The summed E-state index contributed by atoms with van der Waals surface area (Å²) < 4.78 is 59.8. The first-order chi connectivity index (χ1) is 7.23. The van der Waals surface area contributed by atoms with Crippen molar-refractivity contribution in [2.75, 3.05) is 0 Å². The molecule has 0 aromatic heterocycles. The highest BCUT2D eigenvalue weighted by Crippen LogP contribution is 2.28. The molecule has 1 unspecified atom stereocenters. The highest BCUT2D eigenvalue weighted by Gasteiger charge is 2.39. The summed E-state index contributed by atoms with van der Waals surface area (Å²) >= 11 is 0.